The van der Waals surface area contributed by atoms with E-state index in [0.717, 1.165) is 12.4 Å². The molecule has 0 aromatic heterocycles. The molecule has 1 heterocycles. The Labute approximate surface area is 120 Å². The molecule has 2 heteroatoms. The molecule has 0 saturated carbocycles. The van der Waals surface area contributed by atoms with Crippen LogP contribution in [0, 0.1) is 11.3 Å². The fourth-order valence-corrected chi connectivity index (χ4v) is 4.56. The third kappa shape index (κ3) is 1.63. The molecule has 4 rings (SSSR count). The number of phenolic OH excluding ortho intramolecular Hbond substituents is 1. The number of benzene rings is 1. The molecule has 0 radical (unpaired) electrons. The van der Waals surface area contributed by atoms with E-state index in [1.807, 2.05) is 0 Å². The van der Waals surface area contributed by atoms with E-state index >= 15 is 0 Å². The number of hydrogen-bond acceptors (Lipinski definition) is 2. The summed E-state index contributed by atoms with van der Waals surface area (Å²) in [4.78, 5) is 0. The molecule has 1 N–H and O–H groups in total. The van der Waals surface area contributed by atoms with Gasteiger partial charge in [-0.25, -0.2) is 0 Å². The summed E-state index contributed by atoms with van der Waals surface area (Å²) in [6.45, 7) is 5.58. The largest absolute Gasteiger partial charge is 0.508 e. The van der Waals surface area contributed by atoms with E-state index < -0.39 is 0 Å². The van der Waals surface area contributed by atoms with Crippen molar-refractivity contribution in [3.8, 4) is 11.5 Å². The van der Waals surface area contributed by atoms with Crippen LogP contribution < -0.4 is 4.74 Å². The summed E-state index contributed by atoms with van der Waals surface area (Å²) >= 11 is 0. The first-order valence-corrected chi connectivity index (χ1v) is 7.74. The van der Waals surface area contributed by atoms with Gasteiger partial charge in [-0.05, 0) is 48.6 Å². The SMILES string of the molecule is CC1(C)CCC2=C1CC[C@@H]1c3ccc(O)cc3OC[C@H]21. The van der Waals surface area contributed by atoms with E-state index in [4.69, 9.17) is 4.74 Å². The van der Waals surface area contributed by atoms with Crippen molar-refractivity contribution in [1.82, 2.24) is 0 Å². The minimum atomic E-state index is 0.305. The van der Waals surface area contributed by atoms with Gasteiger partial charge in [0.05, 0.1) is 6.61 Å². The van der Waals surface area contributed by atoms with Crippen molar-refractivity contribution in [3.63, 3.8) is 0 Å². The molecule has 0 fully saturated rings. The Morgan fingerprint density at radius 3 is 2.90 bits per heavy atom. The molecule has 0 spiro atoms. The van der Waals surface area contributed by atoms with Gasteiger partial charge in [-0.1, -0.05) is 31.1 Å². The van der Waals surface area contributed by atoms with Crippen LogP contribution in [0.5, 0.6) is 11.5 Å². The quantitative estimate of drug-likeness (QED) is 0.708. The standard InChI is InChI=1S/C18H22O2/c1-18(2)8-7-13-15-10-20-17-9-11(19)3-4-14(17)12(15)5-6-16(13)18/h3-4,9,12,15,19H,5-8,10H2,1-2H3/t12-,15+/m1/s1. The Hall–Kier alpha value is -1.44. The van der Waals surface area contributed by atoms with Gasteiger partial charge in [-0.3, -0.25) is 0 Å². The van der Waals surface area contributed by atoms with Gasteiger partial charge in [0.15, 0.2) is 0 Å². The van der Waals surface area contributed by atoms with Crippen LogP contribution in [0.4, 0.5) is 0 Å². The number of hydrogen-bond donors (Lipinski definition) is 1. The van der Waals surface area contributed by atoms with Crippen molar-refractivity contribution in [3.05, 3.63) is 34.9 Å². The van der Waals surface area contributed by atoms with Gasteiger partial charge in [-0.15, -0.1) is 0 Å². The lowest BCUT2D eigenvalue weighted by molar-refractivity contribution is 0.200. The minimum Gasteiger partial charge on any atom is -0.508 e. The van der Waals surface area contributed by atoms with Crippen molar-refractivity contribution in [2.75, 3.05) is 6.61 Å². The molecule has 106 valence electrons. The van der Waals surface area contributed by atoms with Gasteiger partial charge in [-0.2, -0.15) is 0 Å². The number of phenols is 1. The second kappa shape index (κ2) is 4.03. The molecular formula is C18H22O2. The number of ether oxygens (including phenoxy) is 1. The first-order valence-electron chi connectivity index (χ1n) is 7.74. The monoisotopic (exact) mass is 270 g/mol. The smallest absolute Gasteiger partial charge is 0.126 e. The van der Waals surface area contributed by atoms with Gasteiger partial charge in [0.1, 0.15) is 11.5 Å². The lowest BCUT2D eigenvalue weighted by Crippen LogP contribution is -2.31. The molecule has 3 aliphatic rings. The van der Waals surface area contributed by atoms with Crippen molar-refractivity contribution < 1.29 is 9.84 Å². The Balaban J connectivity index is 1.76. The van der Waals surface area contributed by atoms with Crippen LogP contribution in [0.3, 0.4) is 0 Å². The maximum absolute atomic E-state index is 9.61. The number of fused-ring (bicyclic) bond motifs is 4. The van der Waals surface area contributed by atoms with Crippen molar-refractivity contribution >= 4 is 0 Å². The highest BCUT2D eigenvalue weighted by atomic mass is 16.5. The fraction of sp³-hybridized carbons (Fsp3) is 0.556. The van der Waals surface area contributed by atoms with Gasteiger partial charge in [0, 0.05) is 12.0 Å². The predicted molar refractivity (Wildman–Crippen MR) is 79.1 cm³/mol. The average molecular weight is 270 g/mol. The van der Waals surface area contributed by atoms with Gasteiger partial charge in [0.2, 0.25) is 0 Å². The number of aromatic hydroxyl groups is 1. The topological polar surface area (TPSA) is 29.5 Å². The average Bonchev–Trinajstić information content (AvgIpc) is 2.74. The van der Waals surface area contributed by atoms with Crippen LogP contribution in [0.1, 0.15) is 51.0 Å². The van der Waals surface area contributed by atoms with Crippen LogP contribution in [0.2, 0.25) is 0 Å². The highest BCUT2D eigenvalue weighted by Crippen LogP contribution is 2.56. The lowest BCUT2D eigenvalue weighted by Gasteiger charge is -2.40. The van der Waals surface area contributed by atoms with Crippen LogP contribution >= 0.6 is 0 Å². The van der Waals surface area contributed by atoms with Crippen LogP contribution in [0.25, 0.3) is 0 Å². The second-order valence-corrected chi connectivity index (χ2v) is 7.17. The van der Waals surface area contributed by atoms with E-state index in [1.54, 1.807) is 23.3 Å². The molecule has 0 saturated heterocycles. The molecule has 0 unspecified atom stereocenters. The molecule has 2 nitrogen and oxygen atoms in total. The normalized spacial score (nSPS) is 30.3. The molecule has 2 atom stereocenters. The summed E-state index contributed by atoms with van der Waals surface area (Å²) in [5, 5.41) is 9.61. The molecule has 0 bridgehead atoms. The molecule has 0 amide bonds. The van der Waals surface area contributed by atoms with E-state index in [1.165, 1.54) is 31.2 Å². The predicted octanol–water partition coefficient (Wildman–Crippen LogP) is 4.39. The number of allylic oxidation sites excluding steroid dienone is 1. The van der Waals surface area contributed by atoms with Gasteiger partial charge >= 0.3 is 0 Å². The molecular weight excluding hydrogens is 248 g/mol. The highest BCUT2D eigenvalue weighted by Gasteiger charge is 2.43. The summed E-state index contributed by atoms with van der Waals surface area (Å²) in [5.74, 6) is 2.36. The first-order chi connectivity index (χ1) is 9.56. The first kappa shape index (κ1) is 12.3. The van der Waals surface area contributed by atoms with Gasteiger partial charge < -0.3 is 9.84 Å². The fourth-order valence-electron chi connectivity index (χ4n) is 4.56. The van der Waals surface area contributed by atoms with Crippen molar-refractivity contribution in [1.29, 1.82) is 0 Å². The number of rotatable bonds is 0. The van der Waals surface area contributed by atoms with E-state index in [9.17, 15) is 5.11 Å². The van der Waals surface area contributed by atoms with Crippen LogP contribution in [-0.4, -0.2) is 11.7 Å². The van der Waals surface area contributed by atoms with Gasteiger partial charge in [0.25, 0.3) is 0 Å². The van der Waals surface area contributed by atoms with E-state index in [0.29, 0.717) is 23.0 Å². The Bertz CT molecular complexity index is 597. The summed E-state index contributed by atoms with van der Waals surface area (Å²) in [7, 11) is 0. The Morgan fingerprint density at radius 1 is 1.20 bits per heavy atom. The molecule has 1 aromatic rings. The molecule has 20 heavy (non-hydrogen) atoms. The van der Waals surface area contributed by atoms with E-state index in [2.05, 4.69) is 19.9 Å². The summed E-state index contributed by atoms with van der Waals surface area (Å²) in [5.41, 5.74) is 5.10. The van der Waals surface area contributed by atoms with Crippen LogP contribution in [-0.2, 0) is 0 Å². The van der Waals surface area contributed by atoms with Crippen LogP contribution in [0.15, 0.2) is 29.3 Å². The third-order valence-corrected chi connectivity index (χ3v) is 5.68. The molecule has 2 aliphatic carbocycles. The maximum Gasteiger partial charge on any atom is 0.126 e. The zero-order valence-corrected chi connectivity index (χ0v) is 12.3. The van der Waals surface area contributed by atoms with E-state index in [-0.39, 0.29) is 0 Å². The summed E-state index contributed by atoms with van der Waals surface area (Å²) < 4.78 is 5.96. The lowest BCUT2D eigenvalue weighted by atomic mass is 9.69. The zero-order chi connectivity index (χ0) is 13.9. The molecule has 1 aliphatic heterocycles. The van der Waals surface area contributed by atoms with Crippen molar-refractivity contribution in [2.45, 2.75) is 45.4 Å². The highest BCUT2D eigenvalue weighted by molar-refractivity contribution is 5.47. The third-order valence-electron chi connectivity index (χ3n) is 5.68. The molecule has 1 aromatic carbocycles. The Kier molecular flexibility index (Phi) is 2.48. The zero-order valence-electron chi connectivity index (χ0n) is 12.3. The Morgan fingerprint density at radius 2 is 2.05 bits per heavy atom. The second-order valence-electron chi connectivity index (χ2n) is 7.17. The minimum absolute atomic E-state index is 0.305. The summed E-state index contributed by atoms with van der Waals surface area (Å²) in [6, 6.07) is 5.63. The summed E-state index contributed by atoms with van der Waals surface area (Å²) in [6.07, 6.45) is 5.02. The van der Waals surface area contributed by atoms with Crippen molar-refractivity contribution in [2.24, 2.45) is 11.3 Å². The maximum atomic E-state index is 9.61.